The summed E-state index contributed by atoms with van der Waals surface area (Å²) < 4.78 is 23.1. The number of nitrogens with zero attached hydrogens (tertiary/aromatic N) is 3. The molecule has 0 spiro atoms. The number of ether oxygens (including phenoxy) is 1. The maximum absolute atomic E-state index is 14.7. The van der Waals surface area contributed by atoms with Gasteiger partial charge in [-0.15, -0.1) is 21.5 Å². The molecule has 0 fully saturated rings. The van der Waals surface area contributed by atoms with Crippen molar-refractivity contribution < 1.29 is 13.9 Å². The van der Waals surface area contributed by atoms with Crippen molar-refractivity contribution in [3.8, 4) is 22.1 Å². The lowest BCUT2D eigenvalue weighted by molar-refractivity contribution is 0.0526. The Labute approximate surface area is 220 Å². The van der Waals surface area contributed by atoms with Gasteiger partial charge in [-0.05, 0) is 65.1 Å². The van der Waals surface area contributed by atoms with Crippen molar-refractivity contribution in [3.63, 3.8) is 0 Å². The summed E-state index contributed by atoms with van der Waals surface area (Å²) in [5, 5.41) is 12.8. The molecule has 9 heteroatoms. The highest BCUT2D eigenvalue weighted by Gasteiger charge is 2.36. The zero-order chi connectivity index (χ0) is 24.7. The predicted octanol–water partition coefficient (Wildman–Crippen LogP) is 6.92. The minimum atomic E-state index is -0.425. The van der Waals surface area contributed by atoms with Crippen LogP contribution in [0.5, 0.6) is 0 Å². The van der Waals surface area contributed by atoms with Gasteiger partial charge in [0.1, 0.15) is 10.8 Å². The van der Waals surface area contributed by atoms with Gasteiger partial charge in [-0.1, -0.05) is 44.2 Å². The third-order valence-electron chi connectivity index (χ3n) is 5.89. The van der Waals surface area contributed by atoms with Gasteiger partial charge in [0.15, 0.2) is 11.6 Å². The van der Waals surface area contributed by atoms with E-state index >= 15 is 0 Å². The lowest BCUT2D eigenvalue weighted by Crippen LogP contribution is -2.22. The Morgan fingerprint density at radius 3 is 2.66 bits per heavy atom. The molecular weight excluding hydrogens is 578 g/mol. The van der Waals surface area contributed by atoms with E-state index in [0.29, 0.717) is 35.0 Å². The molecule has 3 heterocycles. The first kappa shape index (κ1) is 23.9. The minimum Gasteiger partial charge on any atom is -0.462 e. The number of aromatic nitrogens is 3. The first-order chi connectivity index (χ1) is 16.8. The molecule has 6 nitrogen and oxygen atoms in total. The number of carbonyl (C=O) groups excluding carboxylic acids is 1. The van der Waals surface area contributed by atoms with Crippen LogP contribution in [0.1, 0.15) is 36.7 Å². The fraction of sp³-hybridized carbons (Fsp3) is 0.269. The molecule has 1 aliphatic rings. The van der Waals surface area contributed by atoms with Crippen LogP contribution in [0.4, 0.5) is 15.1 Å². The van der Waals surface area contributed by atoms with Crippen molar-refractivity contribution in [2.75, 3.05) is 11.9 Å². The maximum Gasteiger partial charge on any atom is 0.341 e. The molecule has 0 saturated heterocycles. The Kier molecular flexibility index (Phi) is 6.39. The molecule has 0 radical (unpaired) electrons. The molecule has 0 saturated carbocycles. The molecule has 0 aliphatic carbocycles. The first-order valence-electron chi connectivity index (χ1n) is 11.3. The Morgan fingerprint density at radius 1 is 1.20 bits per heavy atom. The molecule has 2 aromatic carbocycles. The molecule has 4 aromatic rings. The Bertz CT molecular complexity index is 1410. The standard InChI is InChI=1S/C26H24FIN4O2S/c1-4-34-25(33)20-17-13-26(2,3)14-32-22(15-8-6-5-7-9-15)30-31-23(32)21(17)35-24(20)29-19-11-10-16(28)12-18(19)27/h5-12,29H,4,13-14H2,1-3H3. The molecule has 1 aliphatic heterocycles. The van der Waals surface area contributed by atoms with Crippen molar-refractivity contribution in [2.45, 2.75) is 33.7 Å². The summed E-state index contributed by atoms with van der Waals surface area (Å²) >= 11 is 3.45. The molecule has 1 N–H and O–H groups in total. The average Bonchev–Trinajstić information content (AvgIpc) is 3.34. The summed E-state index contributed by atoms with van der Waals surface area (Å²) in [7, 11) is 0. The lowest BCUT2D eigenvalue weighted by Gasteiger charge is -2.24. The fourth-order valence-corrected chi connectivity index (χ4v) is 6.09. The van der Waals surface area contributed by atoms with Crippen LogP contribution < -0.4 is 5.32 Å². The highest BCUT2D eigenvalue weighted by molar-refractivity contribution is 14.1. The van der Waals surface area contributed by atoms with Crippen LogP contribution in [0.3, 0.4) is 0 Å². The van der Waals surface area contributed by atoms with E-state index in [1.165, 1.54) is 17.4 Å². The van der Waals surface area contributed by atoms with Crippen molar-refractivity contribution in [3.05, 3.63) is 69.0 Å². The smallest absolute Gasteiger partial charge is 0.341 e. The van der Waals surface area contributed by atoms with Gasteiger partial charge in [-0.25, -0.2) is 9.18 Å². The molecule has 0 atom stereocenters. The number of fused-ring (bicyclic) bond motifs is 3. The van der Waals surface area contributed by atoms with E-state index in [-0.39, 0.29) is 17.8 Å². The highest BCUT2D eigenvalue weighted by Crippen LogP contribution is 2.47. The monoisotopic (exact) mass is 602 g/mol. The second-order valence-electron chi connectivity index (χ2n) is 9.22. The number of carbonyl (C=O) groups is 1. The Morgan fingerprint density at radius 2 is 1.94 bits per heavy atom. The van der Waals surface area contributed by atoms with Crippen molar-refractivity contribution in [1.29, 1.82) is 0 Å². The van der Waals surface area contributed by atoms with E-state index in [1.54, 1.807) is 13.0 Å². The molecule has 0 amide bonds. The van der Waals surface area contributed by atoms with Crippen LogP contribution in [0.25, 0.3) is 22.1 Å². The van der Waals surface area contributed by atoms with Gasteiger partial charge in [0.2, 0.25) is 0 Å². The van der Waals surface area contributed by atoms with Crippen LogP contribution in [-0.2, 0) is 17.7 Å². The zero-order valence-electron chi connectivity index (χ0n) is 19.6. The quantitative estimate of drug-likeness (QED) is 0.199. The number of hydrogen-bond donors (Lipinski definition) is 1. The molecule has 180 valence electrons. The van der Waals surface area contributed by atoms with E-state index in [4.69, 9.17) is 4.74 Å². The molecule has 0 bridgehead atoms. The van der Waals surface area contributed by atoms with Gasteiger partial charge >= 0.3 is 5.97 Å². The molecular formula is C26H24FIN4O2S. The molecule has 5 rings (SSSR count). The fourth-order valence-electron chi connectivity index (χ4n) is 4.42. The number of hydrogen-bond acceptors (Lipinski definition) is 6. The largest absolute Gasteiger partial charge is 0.462 e. The molecule has 35 heavy (non-hydrogen) atoms. The first-order valence-corrected chi connectivity index (χ1v) is 13.2. The molecule has 2 aromatic heterocycles. The van der Waals surface area contributed by atoms with Crippen molar-refractivity contribution >= 4 is 50.6 Å². The third-order valence-corrected chi connectivity index (χ3v) is 7.71. The summed E-state index contributed by atoms with van der Waals surface area (Å²) in [4.78, 5) is 14.0. The van der Waals surface area contributed by atoms with E-state index in [2.05, 4.69) is 56.5 Å². The second-order valence-corrected chi connectivity index (χ2v) is 11.5. The SMILES string of the molecule is CCOC(=O)c1c(Nc2ccc(I)cc2F)sc2c1CC(C)(C)Cn1c(-c3ccccc3)nnc1-2. The topological polar surface area (TPSA) is 69.0 Å². The van der Waals surface area contributed by atoms with Gasteiger partial charge in [0, 0.05) is 15.7 Å². The minimum absolute atomic E-state index is 0.195. The number of anilines is 2. The molecule has 0 unspecified atom stereocenters. The predicted molar refractivity (Wildman–Crippen MR) is 145 cm³/mol. The van der Waals surface area contributed by atoms with Crippen LogP contribution in [-0.4, -0.2) is 27.3 Å². The summed E-state index contributed by atoms with van der Waals surface area (Å²) in [5.74, 6) is 0.678. The van der Waals surface area contributed by atoms with Crippen LogP contribution in [0.15, 0.2) is 48.5 Å². The van der Waals surface area contributed by atoms with Crippen LogP contribution in [0, 0.1) is 14.8 Å². The number of esters is 1. The summed E-state index contributed by atoms with van der Waals surface area (Å²) in [6.07, 6.45) is 0.640. The van der Waals surface area contributed by atoms with Crippen LogP contribution in [0.2, 0.25) is 0 Å². The van der Waals surface area contributed by atoms with Gasteiger partial charge in [-0.3, -0.25) is 0 Å². The zero-order valence-corrected chi connectivity index (χ0v) is 22.5. The normalized spacial score (nSPS) is 14.1. The van der Waals surface area contributed by atoms with E-state index < -0.39 is 5.97 Å². The summed E-state index contributed by atoms with van der Waals surface area (Å²) in [6.45, 7) is 7.05. The number of benzene rings is 2. The van der Waals surface area contributed by atoms with Crippen molar-refractivity contribution in [1.82, 2.24) is 14.8 Å². The van der Waals surface area contributed by atoms with Gasteiger partial charge < -0.3 is 14.6 Å². The van der Waals surface area contributed by atoms with E-state index in [0.717, 1.165) is 25.4 Å². The lowest BCUT2D eigenvalue weighted by atomic mass is 9.85. The number of rotatable bonds is 5. The van der Waals surface area contributed by atoms with E-state index in [9.17, 15) is 9.18 Å². The summed E-state index contributed by atoms with van der Waals surface area (Å²) in [6, 6.07) is 14.9. The summed E-state index contributed by atoms with van der Waals surface area (Å²) in [5.41, 5.74) is 2.39. The number of thiophene rings is 1. The van der Waals surface area contributed by atoms with Gasteiger partial charge in [0.05, 0.1) is 22.7 Å². The second kappa shape index (κ2) is 9.34. The number of halogens is 2. The van der Waals surface area contributed by atoms with Crippen molar-refractivity contribution in [2.24, 2.45) is 5.41 Å². The average molecular weight is 602 g/mol. The Hall–Kier alpha value is -2.79. The van der Waals surface area contributed by atoms with Gasteiger partial charge in [0.25, 0.3) is 0 Å². The number of nitrogens with one attached hydrogen (secondary N) is 1. The van der Waals surface area contributed by atoms with Gasteiger partial charge in [-0.2, -0.15) is 0 Å². The third kappa shape index (κ3) is 4.58. The highest BCUT2D eigenvalue weighted by atomic mass is 127. The maximum atomic E-state index is 14.7. The van der Waals surface area contributed by atoms with Crippen LogP contribution >= 0.6 is 33.9 Å². The van der Waals surface area contributed by atoms with E-state index in [1.807, 2.05) is 36.4 Å². The Balaban J connectivity index is 1.70.